The van der Waals surface area contributed by atoms with Gasteiger partial charge in [0, 0.05) is 24.4 Å². The monoisotopic (exact) mass is 444 g/mol. The highest BCUT2D eigenvalue weighted by Crippen LogP contribution is 2.39. The van der Waals surface area contributed by atoms with Gasteiger partial charge in [-0.25, -0.2) is 4.79 Å². The summed E-state index contributed by atoms with van der Waals surface area (Å²) in [6.45, 7) is 2.36. The molecule has 1 aromatic carbocycles. The quantitative estimate of drug-likeness (QED) is 0.312. The first-order valence-corrected chi connectivity index (χ1v) is 10.1. The number of hydrogen-bond acceptors (Lipinski definition) is 8. The fourth-order valence-corrected chi connectivity index (χ4v) is 4.22. The van der Waals surface area contributed by atoms with E-state index in [2.05, 4.69) is 10.3 Å². The third kappa shape index (κ3) is 4.01. The lowest BCUT2D eigenvalue weighted by molar-refractivity contribution is -0.385. The second-order valence-corrected chi connectivity index (χ2v) is 7.70. The van der Waals surface area contributed by atoms with Crippen LogP contribution in [0.2, 0.25) is 0 Å². The number of carbonyl (C=O) groups excluding carboxylic acids is 1. The molecule has 4 rings (SSSR count). The van der Waals surface area contributed by atoms with Crippen LogP contribution in [-0.2, 0) is 14.3 Å². The number of nitrogens with one attached hydrogen (secondary N) is 2. The SMILES string of the molecule is CC1=C(C(=O)OC[C@H]2CCCO2)[C@H](c2ccccc2[N+](=O)[O-])n2c(cc(=O)[nH]c2=S)N1. The van der Waals surface area contributed by atoms with Crippen molar-refractivity contribution in [3.8, 4) is 0 Å². The Labute approximate surface area is 181 Å². The maximum Gasteiger partial charge on any atom is 0.338 e. The first-order chi connectivity index (χ1) is 14.9. The minimum atomic E-state index is -0.959. The number of nitro groups is 1. The zero-order chi connectivity index (χ0) is 22.1. The smallest absolute Gasteiger partial charge is 0.338 e. The van der Waals surface area contributed by atoms with Gasteiger partial charge in [-0.15, -0.1) is 0 Å². The van der Waals surface area contributed by atoms with Crippen molar-refractivity contribution in [2.75, 3.05) is 18.5 Å². The number of hydrogen-bond donors (Lipinski definition) is 2. The largest absolute Gasteiger partial charge is 0.459 e. The average molecular weight is 444 g/mol. The molecule has 0 radical (unpaired) electrons. The molecule has 0 amide bonds. The summed E-state index contributed by atoms with van der Waals surface area (Å²) < 4.78 is 12.5. The van der Waals surface area contributed by atoms with Crippen molar-refractivity contribution in [1.29, 1.82) is 0 Å². The van der Waals surface area contributed by atoms with Gasteiger partial charge in [-0.1, -0.05) is 12.1 Å². The number of aromatic nitrogens is 2. The Kier molecular flexibility index (Phi) is 5.70. The van der Waals surface area contributed by atoms with Crippen molar-refractivity contribution in [2.45, 2.75) is 31.9 Å². The summed E-state index contributed by atoms with van der Waals surface area (Å²) in [4.78, 5) is 38.8. The first-order valence-electron chi connectivity index (χ1n) is 9.72. The van der Waals surface area contributed by atoms with Crippen molar-refractivity contribution in [1.82, 2.24) is 9.55 Å². The number of benzene rings is 1. The van der Waals surface area contributed by atoms with E-state index in [9.17, 15) is 19.7 Å². The molecule has 2 aromatic rings. The van der Waals surface area contributed by atoms with E-state index >= 15 is 0 Å². The molecule has 0 bridgehead atoms. The van der Waals surface area contributed by atoms with E-state index < -0.39 is 22.5 Å². The van der Waals surface area contributed by atoms with Crippen molar-refractivity contribution >= 4 is 29.7 Å². The first kappa shape index (κ1) is 20.9. The predicted molar refractivity (Wildman–Crippen MR) is 113 cm³/mol. The minimum Gasteiger partial charge on any atom is -0.459 e. The molecular formula is C20H20N4O6S. The van der Waals surface area contributed by atoms with Gasteiger partial charge in [-0.3, -0.25) is 24.5 Å². The molecular weight excluding hydrogens is 424 g/mol. The average Bonchev–Trinajstić information content (AvgIpc) is 3.24. The third-order valence-electron chi connectivity index (χ3n) is 5.30. The highest BCUT2D eigenvalue weighted by Gasteiger charge is 2.37. The van der Waals surface area contributed by atoms with Gasteiger partial charge in [-0.05, 0) is 38.0 Å². The van der Waals surface area contributed by atoms with Gasteiger partial charge in [0.15, 0.2) is 4.77 Å². The van der Waals surface area contributed by atoms with Crippen LogP contribution in [-0.4, -0.2) is 39.8 Å². The van der Waals surface area contributed by atoms with Crippen LogP contribution in [0.15, 0.2) is 46.4 Å². The molecule has 3 heterocycles. The molecule has 1 aromatic heterocycles. The molecule has 2 aliphatic heterocycles. The molecule has 2 atom stereocenters. The van der Waals surface area contributed by atoms with Crippen LogP contribution in [0.1, 0.15) is 31.4 Å². The second-order valence-electron chi connectivity index (χ2n) is 7.31. The minimum absolute atomic E-state index is 0.0232. The number of aromatic amines is 1. The normalized spacial score (nSPS) is 20.2. The number of allylic oxidation sites excluding steroid dienone is 1. The predicted octanol–water partition coefficient (Wildman–Crippen LogP) is 2.83. The standard InChI is InChI=1S/C20H20N4O6S/c1-11-17(19(26)30-10-12-5-4-8-29-12)18(13-6-2-3-7-14(13)24(27)28)23-15(21-11)9-16(25)22-20(23)31/h2-3,6-7,9,12,18,21H,4-5,8,10H2,1H3,(H,22,25,31)/t12-,18+/m1/s1. The van der Waals surface area contributed by atoms with E-state index in [0.717, 1.165) is 12.8 Å². The Morgan fingerprint density at radius 3 is 2.90 bits per heavy atom. The summed E-state index contributed by atoms with van der Waals surface area (Å²) >= 11 is 5.35. The van der Waals surface area contributed by atoms with Gasteiger partial charge >= 0.3 is 5.97 Å². The van der Waals surface area contributed by atoms with Crippen LogP contribution >= 0.6 is 12.2 Å². The molecule has 0 unspecified atom stereocenters. The lowest BCUT2D eigenvalue weighted by Gasteiger charge is -2.31. The summed E-state index contributed by atoms with van der Waals surface area (Å²) in [7, 11) is 0. The van der Waals surface area contributed by atoms with E-state index in [0.29, 0.717) is 18.1 Å². The number of para-hydroxylation sites is 1. The van der Waals surface area contributed by atoms with E-state index in [4.69, 9.17) is 21.7 Å². The third-order valence-corrected chi connectivity index (χ3v) is 5.60. The number of rotatable bonds is 5. The van der Waals surface area contributed by atoms with E-state index in [1.807, 2.05) is 0 Å². The molecule has 1 saturated heterocycles. The summed E-state index contributed by atoms with van der Waals surface area (Å²) in [5.74, 6) is -0.313. The van der Waals surface area contributed by atoms with Crippen LogP contribution in [0.3, 0.4) is 0 Å². The molecule has 2 aliphatic rings. The van der Waals surface area contributed by atoms with Gasteiger partial charge in [-0.2, -0.15) is 0 Å². The second kappa shape index (κ2) is 8.44. The summed E-state index contributed by atoms with van der Waals surface area (Å²) in [6, 6.07) is 6.43. The van der Waals surface area contributed by atoms with Crippen molar-refractivity contribution in [3.63, 3.8) is 0 Å². The highest BCUT2D eigenvalue weighted by molar-refractivity contribution is 7.71. The molecule has 11 heteroatoms. The number of ether oxygens (including phenoxy) is 2. The molecule has 1 fully saturated rings. The van der Waals surface area contributed by atoms with Crippen LogP contribution in [0.25, 0.3) is 0 Å². The van der Waals surface area contributed by atoms with Crippen molar-refractivity contribution in [2.24, 2.45) is 0 Å². The summed E-state index contributed by atoms with van der Waals surface area (Å²) in [5, 5.41) is 14.7. The van der Waals surface area contributed by atoms with Crippen molar-refractivity contribution in [3.05, 3.63) is 72.4 Å². The van der Waals surface area contributed by atoms with Crippen LogP contribution in [0.4, 0.5) is 11.5 Å². The number of esters is 1. The lowest BCUT2D eigenvalue weighted by atomic mass is 9.93. The maximum atomic E-state index is 13.2. The number of nitrogens with zero attached hydrogens (tertiary/aromatic N) is 2. The Hall–Kier alpha value is -3.31. The summed E-state index contributed by atoms with van der Waals surface area (Å²) in [6.07, 6.45) is 1.53. The van der Waals surface area contributed by atoms with Gasteiger partial charge < -0.3 is 14.8 Å². The Morgan fingerprint density at radius 2 is 2.19 bits per heavy atom. The van der Waals surface area contributed by atoms with E-state index in [-0.39, 0.29) is 34.3 Å². The van der Waals surface area contributed by atoms with Crippen LogP contribution < -0.4 is 10.9 Å². The maximum absolute atomic E-state index is 13.2. The zero-order valence-electron chi connectivity index (χ0n) is 16.6. The van der Waals surface area contributed by atoms with Gasteiger partial charge in [0.25, 0.3) is 11.2 Å². The van der Waals surface area contributed by atoms with Crippen LogP contribution in [0, 0.1) is 14.9 Å². The fraction of sp³-hybridized carbons (Fsp3) is 0.350. The van der Waals surface area contributed by atoms with Crippen LogP contribution in [0.5, 0.6) is 0 Å². The van der Waals surface area contributed by atoms with Gasteiger partial charge in [0.1, 0.15) is 18.5 Å². The number of nitro benzene ring substituents is 1. The van der Waals surface area contributed by atoms with Gasteiger partial charge in [0.05, 0.1) is 22.2 Å². The molecule has 0 aliphatic carbocycles. The summed E-state index contributed by atoms with van der Waals surface area (Å²) in [5.41, 5.74) is 0.234. The number of anilines is 1. The number of carbonyl (C=O) groups is 1. The molecule has 10 nitrogen and oxygen atoms in total. The molecule has 162 valence electrons. The Morgan fingerprint density at radius 1 is 1.42 bits per heavy atom. The molecule has 2 N–H and O–H groups in total. The van der Waals surface area contributed by atoms with E-state index in [1.54, 1.807) is 25.1 Å². The zero-order valence-corrected chi connectivity index (χ0v) is 17.4. The lowest BCUT2D eigenvalue weighted by Crippen LogP contribution is -2.33. The topological polar surface area (TPSA) is 128 Å². The van der Waals surface area contributed by atoms with Crippen molar-refractivity contribution < 1.29 is 19.2 Å². The van der Waals surface area contributed by atoms with Gasteiger partial charge in [0.2, 0.25) is 0 Å². The Bertz CT molecular complexity index is 1190. The Balaban J connectivity index is 1.84. The van der Waals surface area contributed by atoms with E-state index in [1.165, 1.54) is 16.7 Å². The molecule has 0 spiro atoms. The number of fused-ring (bicyclic) bond motifs is 1. The number of H-pyrrole nitrogens is 1. The molecule has 0 saturated carbocycles. The fourth-order valence-electron chi connectivity index (χ4n) is 3.92. The highest BCUT2D eigenvalue weighted by atomic mass is 32.1. The molecule has 31 heavy (non-hydrogen) atoms.